The number of nitrogens with two attached hydrogens (primary N) is 1. The van der Waals surface area contributed by atoms with Gasteiger partial charge < -0.3 is 16.2 Å². The van der Waals surface area contributed by atoms with Crippen LogP contribution >= 0.6 is 0 Å². The fourth-order valence-corrected chi connectivity index (χ4v) is 3.32. The standard InChI is InChI=1S/C14H23N3O3S/c1-14(2)12(8-13(14)18)16-11-6-5-9(7-10(11)15)21(19,20)17(3)4/h5-7,12-13,16,18H,8,15H2,1-4H3. The van der Waals surface area contributed by atoms with Crippen molar-refractivity contribution in [2.75, 3.05) is 25.1 Å². The molecule has 2 atom stereocenters. The molecule has 4 N–H and O–H groups in total. The van der Waals surface area contributed by atoms with E-state index in [9.17, 15) is 13.5 Å². The van der Waals surface area contributed by atoms with E-state index in [0.717, 1.165) is 4.31 Å². The van der Waals surface area contributed by atoms with Crippen LogP contribution < -0.4 is 11.1 Å². The van der Waals surface area contributed by atoms with Gasteiger partial charge in [0.15, 0.2) is 0 Å². The molecule has 0 aliphatic heterocycles. The van der Waals surface area contributed by atoms with Crippen molar-refractivity contribution in [3.05, 3.63) is 18.2 Å². The van der Waals surface area contributed by atoms with E-state index in [1.807, 2.05) is 13.8 Å². The molecular formula is C14H23N3O3S. The van der Waals surface area contributed by atoms with Gasteiger partial charge in [-0.05, 0) is 24.6 Å². The van der Waals surface area contributed by atoms with Gasteiger partial charge in [0.1, 0.15) is 0 Å². The fraction of sp³-hybridized carbons (Fsp3) is 0.571. The van der Waals surface area contributed by atoms with Crippen LogP contribution in [0.1, 0.15) is 20.3 Å². The highest BCUT2D eigenvalue weighted by Gasteiger charge is 2.47. The van der Waals surface area contributed by atoms with Gasteiger partial charge in [0.25, 0.3) is 0 Å². The maximum absolute atomic E-state index is 12.0. The van der Waals surface area contributed by atoms with Gasteiger partial charge >= 0.3 is 0 Å². The molecule has 1 aliphatic rings. The summed E-state index contributed by atoms with van der Waals surface area (Å²) in [5.41, 5.74) is 6.82. The largest absolute Gasteiger partial charge is 0.397 e. The number of nitrogen functional groups attached to an aromatic ring is 1. The van der Waals surface area contributed by atoms with Gasteiger partial charge in [-0.2, -0.15) is 0 Å². The highest BCUT2D eigenvalue weighted by Crippen LogP contribution is 2.43. The number of anilines is 2. The minimum atomic E-state index is -3.48. The minimum absolute atomic E-state index is 0.117. The van der Waals surface area contributed by atoms with Gasteiger partial charge in [0.2, 0.25) is 10.0 Å². The maximum Gasteiger partial charge on any atom is 0.242 e. The summed E-state index contributed by atoms with van der Waals surface area (Å²) in [6.45, 7) is 3.97. The highest BCUT2D eigenvalue weighted by atomic mass is 32.2. The molecule has 0 amide bonds. The van der Waals surface area contributed by atoms with Gasteiger partial charge in [-0.15, -0.1) is 0 Å². The van der Waals surface area contributed by atoms with Crippen LogP contribution in [0.5, 0.6) is 0 Å². The lowest BCUT2D eigenvalue weighted by molar-refractivity contribution is -0.0510. The van der Waals surface area contributed by atoms with Crippen LogP contribution in [-0.4, -0.2) is 44.1 Å². The van der Waals surface area contributed by atoms with Gasteiger partial charge in [-0.1, -0.05) is 13.8 Å². The van der Waals surface area contributed by atoms with Crippen molar-refractivity contribution < 1.29 is 13.5 Å². The van der Waals surface area contributed by atoms with E-state index >= 15 is 0 Å². The first-order valence-electron chi connectivity index (χ1n) is 6.83. The van der Waals surface area contributed by atoms with E-state index in [0.29, 0.717) is 17.8 Å². The summed E-state index contributed by atoms with van der Waals surface area (Å²) in [5.74, 6) is 0. The van der Waals surface area contributed by atoms with Crippen molar-refractivity contribution in [3.63, 3.8) is 0 Å². The molecule has 7 heteroatoms. The molecule has 0 heterocycles. The van der Waals surface area contributed by atoms with E-state index in [2.05, 4.69) is 5.32 Å². The minimum Gasteiger partial charge on any atom is -0.397 e. The lowest BCUT2D eigenvalue weighted by atomic mass is 9.64. The van der Waals surface area contributed by atoms with Crippen LogP contribution in [0, 0.1) is 5.41 Å². The van der Waals surface area contributed by atoms with Crippen LogP contribution in [0.15, 0.2) is 23.1 Å². The third-order valence-electron chi connectivity index (χ3n) is 4.35. The number of aliphatic hydroxyl groups excluding tert-OH is 1. The topological polar surface area (TPSA) is 95.7 Å². The number of nitrogens with one attached hydrogen (secondary N) is 1. The molecule has 0 aromatic heterocycles. The molecule has 0 saturated heterocycles. The zero-order chi connectivity index (χ0) is 16.0. The van der Waals surface area contributed by atoms with Gasteiger partial charge in [-0.3, -0.25) is 0 Å². The Balaban J connectivity index is 2.22. The molecule has 1 aromatic carbocycles. The second kappa shape index (κ2) is 5.15. The molecule has 2 unspecified atom stereocenters. The summed E-state index contributed by atoms with van der Waals surface area (Å²) < 4.78 is 25.2. The Morgan fingerprint density at radius 1 is 1.38 bits per heavy atom. The zero-order valence-electron chi connectivity index (χ0n) is 12.8. The van der Waals surface area contributed by atoms with Gasteiger partial charge in [0.05, 0.1) is 22.4 Å². The Labute approximate surface area is 126 Å². The first-order chi connectivity index (χ1) is 9.56. The predicted octanol–water partition coefficient (Wildman–Crippen LogP) is 1.09. The quantitative estimate of drug-likeness (QED) is 0.723. The fourth-order valence-electron chi connectivity index (χ4n) is 2.38. The van der Waals surface area contributed by atoms with E-state index in [4.69, 9.17) is 5.73 Å². The zero-order valence-corrected chi connectivity index (χ0v) is 13.6. The van der Waals surface area contributed by atoms with Gasteiger partial charge in [0, 0.05) is 25.6 Å². The average Bonchev–Trinajstić information content (AvgIpc) is 2.39. The second-order valence-corrected chi connectivity index (χ2v) is 8.46. The Morgan fingerprint density at radius 3 is 2.43 bits per heavy atom. The number of nitrogens with zero attached hydrogens (tertiary/aromatic N) is 1. The average molecular weight is 313 g/mol. The first kappa shape index (κ1) is 16.1. The Hall–Kier alpha value is -1.31. The Kier molecular flexibility index (Phi) is 3.94. The lowest BCUT2D eigenvalue weighted by Crippen LogP contribution is -2.56. The van der Waals surface area contributed by atoms with Crippen LogP contribution in [0.2, 0.25) is 0 Å². The lowest BCUT2D eigenvalue weighted by Gasteiger charge is -2.50. The predicted molar refractivity (Wildman–Crippen MR) is 83.5 cm³/mol. The molecule has 2 rings (SSSR count). The molecule has 0 bridgehead atoms. The van der Waals surface area contributed by atoms with Crippen molar-refractivity contribution in [1.82, 2.24) is 4.31 Å². The molecule has 21 heavy (non-hydrogen) atoms. The van der Waals surface area contributed by atoms with Crippen LogP contribution in [0.25, 0.3) is 0 Å². The number of benzene rings is 1. The normalized spacial score (nSPS) is 24.7. The van der Waals surface area contributed by atoms with Crippen molar-refractivity contribution >= 4 is 21.4 Å². The third-order valence-corrected chi connectivity index (χ3v) is 6.16. The Bertz CT molecular complexity index is 641. The number of rotatable bonds is 4. The number of aliphatic hydroxyl groups is 1. The van der Waals surface area contributed by atoms with Crippen LogP contribution in [-0.2, 0) is 10.0 Å². The number of sulfonamides is 1. The number of hydrogen-bond acceptors (Lipinski definition) is 5. The molecule has 0 radical (unpaired) electrons. The summed E-state index contributed by atoms with van der Waals surface area (Å²) in [6.07, 6.45) is 0.328. The second-order valence-electron chi connectivity index (χ2n) is 6.31. The summed E-state index contributed by atoms with van der Waals surface area (Å²) in [5, 5.41) is 13.0. The molecule has 6 nitrogen and oxygen atoms in total. The molecule has 1 aromatic rings. The SMILES string of the molecule is CN(C)S(=O)(=O)c1ccc(NC2CC(O)C2(C)C)c(N)c1. The summed E-state index contributed by atoms with van der Waals surface area (Å²) in [7, 11) is -0.518. The van der Waals surface area contributed by atoms with Crippen molar-refractivity contribution in [2.45, 2.75) is 37.3 Å². The van der Waals surface area contributed by atoms with Crippen molar-refractivity contribution in [2.24, 2.45) is 5.41 Å². The third kappa shape index (κ3) is 2.73. The smallest absolute Gasteiger partial charge is 0.242 e. The Morgan fingerprint density at radius 2 is 2.00 bits per heavy atom. The molecule has 1 saturated carbocycles. The summed E-state index contributed by atoms with van der Waals surface area (Å²) >= 11 is 0. The molecule has 0 spiro atoms. The molecule has 1 fully saturated rings. The summed E-state index contributed by atoms with van der Waals surface area (Å²) in [4.78, 5) is 0.170. The molecule has 118 valence electrons. The van der Waals surface area contributed by atoms with E-state index in [1.165, 1.54) is 26.2 Å². The summed E-state index contributed by atoms with van der Waals surface area (Å²) in [6, 6.07) is 4.79. The number of hydrogen-bond donors (Lipinski definition) is 3. The van der Waals surface area contributed by atoms with Crippen molar-refractivity contribution in [3.8, 4) is 0 Å². The van der Waals surface area contributed by atoms with E-state index < -0.39 is 10.0 Å². The highest BCUT2D eigenvalue weighted by molar-refractivity contribution is 7.89. The maximum atomic E-state index is 12.0. The van der Waals surface area contributed by atoms with Crippen LogP contribution in [0.4, 0.5) is 11.4 Å². The molecule has 1 aliphatic carbocycles. The van der Waals surface area contributed by atoms with Crippen molar-refractivity contribution in [1.29, 1.82) is 0 Å². The van der Waals surface area contributed by atoms with E-state index in [-0.39, 0.29) is 22.5 Å². The first-order valence-corrected chi connectivity index (χ1v) is 8.27. The van der Waals surface area contributed by atoms with Crippen LogP contribution in [0.3, 0.4) is 0 Å². The molecular weight excluding hydrogens is 290 g/mol. The van der Waals surface area contributed by atoms with E-state index in [1.54, 1.807) is 6.07 Å². The van der Waals surface area contributed by atoms with Gasteiger partial charge in [-0.25, -0.2) is 12.7 Å². The monoisotopic (exact) mass is 313 g/mol.